The van der Waals surface area contributed by atoms with Gasteiger partial charge >= 0.3 is 0 Å². The first kappa shape index (κ1) is 13.6. The molecule has 2 aliphatic heterocycles. The molecule has 1 aromatic rings. The van der Waals surface area contributed by atoms with Crippen molar-refractivity contribution in [3.8, 4) is 0 Å². The van der Waals surface area contributed by atoms with Crippen molar-refractivity contribution >= 4 is 11.7 Å². The lowest BCUT2D eigenvalue weighted by Gasteiger charge is -2.19. The van der Waals surface area contributed by atoms with Gasteiger partial charge in [0.15, 0.2) is 0 Å². The third kappa shape index (κ3) is 2.86. The van der Waals surface area contributed by atoms with Crippen LogP contribution in [-0.2, 0) is 21.3 Å². The number of amides is 1. The monoisotopic (exact) mass is 279 g/mol. The molecule has 0 aromatic carbocycles. The number of aromatic nitrogens is 2. The van der Waals surface area contributed by atoms with Gasteiger partial charge in [-0.25, -0.2) is 0 Å². The highest BCUT2D eigenvalue weighted by atomic mass is 16.5. The second kappa shape index (κ2) is 5.93. The molecule has 3 rings (SSSR count). The number of nitrogens with zero attached hydrogens (tertiary/aromatic N) is 2. The Kier molecular flexibility index (Phi) is 4.03. The summed E-state index contributed by atoms with van der Waals surface area (Å²) >= 11 is 0. The highest BCUT2D eigenvalue weighted by Gasteiger charge is 2.25. The van der Waals surface area contributed by atoms with Crippen molar-refractivity contribution in [2.24, 2.45) is 7.05 Å². The number of nitrogens with one attached hydrogen (secondary N) is 1. The molecular formula is C14H21N3O3. The van der Waals surface area contributed by atoms with E-state index in [2.05, 4.69) is 10.4 Å². The molecule has 0 saturated carbocycles. The maximum absolute atomic E-state index is 12.1. The van der Waals surface area contributed by atoms with Gasteiger partial charge in [-0.05, 0) is 25.7 Å². The Morgan fingerprint density at radius 2 is 2.25 bits per heavy atom. The van der Waals surface area contributed by atoms with Gasteiger partial charge in [0.1, 0.15) is 11.9 Å². The van der Waals surface area contributed by atoms with Crippen LogP contribution in [0.2, 0.25) is 0 Å². The van der Waals surface area contributed by atoms with Crippen molar-refractivity contribution in [1.29, 1.82) is 0 Å². The summed E-state index contributed by atoms with van der Waals surface area (Å²) in [6, 6.07) is 1.95. The van der Waals surface area contributed by atoms with Crippen LogP contribution in [0.3, 0.4) is 0 Å². The fourth-order valence-corrected chi connectivity index (χ4v) is 2.77. The van der Waals surface area contributed by atoms with Crippen LogP contribution >= 0.6 is 0 Å². The molecule has 1 amide bonds. The zero-order valence-corrected chi connectivity index (χ0v) is 11.8. The summed E-state index contributed by atoms with van der Waals surface area (Å²) in [7, 11) is 1.85. The first-order valence-electron chi connectivity index (χ1n) is 7.28. The first-order chi connectivity index (χ1) is 9.74. The number of hydrogen-bond acceptors (Lipinski definition) is 4. The van der Waals surface area contributed by atoms with Gasteiger partial charge in [-0.2, -0.15) is 5.10 Å². The fraction of sp³-hybridized carbons (Fsp3) is 0.714. The highest BCUT2D eigenvalue weighted by molar-refractivity contribution is 5.93. The standard InChI is InChI=1S/C14H21N3O3/c1-17-13(15-14(18)12-5-3-7-20-12)8-11(16-17)10-4-2-6-19-9-10/h8,10,12H,2-7,9H2,1H3,(H,15,18). The number of carbonyl (C=O) groups is 1. The topological polar surface area (TPSA) is 65.4 Å². The van der Waals surface area contributed by atoms with Crippen LogP contribution in [0.15, 0.2) is 6.07 Å². The van der Waals surface area contributed by atoms with Gasteiger partial charge in [0.2, 0.25) is 0 Å². The quantitative estimate of drug-likeness (QED) is 0.909. The normalized spacial score (nSPS) is 26.6. The van der Waals surface area contributed by atoms with Crippen LogP contribution in [-0.4, -0.2) is 41.6 Å². The van der Waals surface area contributed by atoms with E-state index in [-0.39, 0.29) is 12.0 Å². The predicted octanol–water partition coefficient (Wildman–Crippen LogP) is 1.43. The van der Waals surface area contributed by atoms with Crippen LogP contribution < -0.4 is 5.32 Å². The van der Waals surface area contributed by atoms with Crippen LogP contribution in [0, 0.1) is 0 Å². The summed E-state index contributed by atoms with van der Waals surface area (Å²) in [4.78, 5) is 12.1. The van der Waals surface area contributed by atoms with E-state index in [1.165, 1.54) is 0 Å². The molecule has 0 spiro atoms. The van der Waals surface area contributed by atoms with Gasteiger partial charge in [-0.3, -0.25) is 9.48 Å². The van der Waals surface area contributed by atoms with E-state index in [0.29, 0.717) is 12.5 Å². The van der Waals surface area contributed by atoms with Crippen molar-refractivity contribution in [3.05, 3.63) is 11.8 Å². The van der Waals surface area contributed by atoms with Gasteiger partial charge < -0.3 is 14.8 Å². The lowest BCUT2D eigenvalue weighted by Crippen LogP contribution is -2.27. The van der Waals surface area contributed by atoms with Gasteiger partial charge in [0.05, 0.1) is 12.3 Å². The largest absolute Gasteiger partial charge is 0.381 e. The smallest absolute Gasteiger partial charge is 0.254 e. The van der Waals surface area contributed by atoms with Gasteiger partial charge in [-0.15, -0.1) is 0 Å². The molecule has 110 valence electrons. The number of rotatable bonds is 3. The molecule has 2 aliphatic rings. The number of anilines is 1. The molecule has 6 heteroatoms. The van der Waals surface area contributed by atoms with Gasteiger partial charge in [0, 0.05) is 32.2 Å². The van der Waals surface area contributed by atoms with E-state index in [1.54, 1.807) is 4.68 Å². The number of hydrogen-bond donors (Lipinski definition) is 1. The van der Waals surface area contributed by atoms with Gasteiger partial charge in [-0.1, -0.05) is 0 Å². The zero-order chi connectivity index (χ0) is 13.9. The number of carbonyl (C=O) groups excluding carboxylic acids is 1. The molecule has 20 heavy (non-hydrogen) atoms. The van der Waals surface area contributed by atoms with Crippen molar-refractivity contribution in [2.75, 3.05) is 25.1 Å². The van der Waals surface area contributed by atoms with E-state index < -0.39 is 0 Å². The molecular weight excluding hydrogens is 258 g/mol. The van der Waals surface area contributed by atoms with E-state index >= 15 is 0 Å². The highest BCUT2D eigenvalue weighted by Crippen LogP contribution is 2.26. The van der Waals surface area contributed by atoms with Crippen molar-refractivity contribution in [2.45, 2.75) is 37.7 Å². The lowest BCUT2D eigenvalue weighted by molar-refractivity contribution is -0.124. The van der Waals surface area contributed by atoms with Crippen LogP contribution in [0.25, 0.3) is 0 Å². The molecule has 0 bridgehead atoms. The van der Waals surface area contributed by atoms with E-state index in [9.17, 15) is 4.79 Å². The van der Waals surface area contributed by atoms with E-state index in [1.807, 2.05) is 13.1 Å². The second-order valence-electron chi connectivity index (χ2n) is 5.48. The molecule has 2 unspecified atom stereocenters. The first-order valence-corrected chi connectivity index (χ1v) is 7.28. The maximum Gasteiger partial charge on any atom is 0.254 e. The Labute approximate surface area is 118 Å². The summed E-state index contributed by atoms with van der Waals surface area (Å²) in [6.07, 6.45) is 3.60. The van der Waals surface area contributed by atoms with Crippen LogP contribution in [0.1, 0.15) is 37.3 Å². The molecule has 2 fully saturated rings. The Morgan fingerprint density at radius 1 is 1.40 bits per heavy atom. The summed E-state index contributed by atoms with van der Waals surface area (Å²) in [6.45, 7) is 2.23. The molecule has 2 atom stereocenters. The summed E-state index contributed by atoms with van der Waals surface area (Å²) in [5.74, 6) is 0.992. The Morgan fingerprint density at radius 3 is 2.95 bits per heavy atom. The number of ether oxygens (including phenoxy) is 2. The Balaban J connectivity index is 1.67. The summed E-state index contributed by atoms with van der Waals surface area (Å²) in [5.41, 5.74) is 0.995. The maximum atomic E-state index is 12.1. The van der Waals surface area contributed by atoms with Crippen molar-refractivity contribution in [3.63, 3.8) is 0 Å². The molecule has 0 aliphatic carbocycles. The minimum absolute atomic E-state index is 0.0723. The summed E-state index contributed by atoms with van der Waals surface area (Å²) < 4.78 is 12.6. The van der Waals surface area contributed by atoms with Crippen molar-refractivity contribution in [1.82, 2.24) is 9.78 Å². The average molecular weight is 279 g/mol. The third-order valence-electron chi connectivity index (χ3n) is 3.95. The minimum Gasteiger partial charge on any atom is -0.381 e. The zero-order valence-electron chi connectivity index (χ0n) is 11.8. The fourth-order valence-electron chi connectivity index (χ4n) is 2.77. The second-order valence-corrected chi connectivity index (χ2v) is 5.48. The SMILES string of the molecule is Cn1nc(C2CCCOC2)cc1NC(=O)C1CCCO1. The van der Waals surface area contributed by atoms with Crippen LogP contribution in [0.4, 0.5) is 5.82 Å². The predicted molar refractivity (Wildman–Crippen MR) is 73.6 cm³/mol. The molecule has 3 heterocycles. The third-order valence-corrected chi connectivity index (χ3v) is 3.95. The van der Waals surface area contributed by atoms with Crippen LogP contribution in [0.5, 0.6) is 0 Å². The van der Waals surface area contributed by atoms with E-state index in [4.69, 9.17) is 9.47 Å². The van der Waals surface area contributed by atoms with Crippen molar-refractivity contribution < 1.29 is 14.3 Å². The molecule has 6 nitrogen and oxygen atoms in total. The number of aryl methyl sites for hydroxylation is 1. The Hall–Kier alpha value is -1.40. The molecule has 1 N–H and O–H groups in total. The minimum atomic E-state index is -0.314. The molecule has 1 aromatic heterocycles. The van der Waals surface area contributed by atoms with E-state index in [0.717, 1.165) is 50.4 Å². The lowest BCUT2D eigenvalue weighted by atomic mass is 9.99. The van der Waals surface area contributed by atoms with Gasteiger partial charge in [0.25, 0.3) is 5.91 Å². The Bertz CT molecular complexity index is 474. The molecule has 2 saturated heterocycles. The summed E-state index contributed by atoms with van der Waals surface area (Å²) in [5, 5.41) is 7.40. The average Bonchev–Trinajstić information content (AvgIpc) is 3.10. The molecule has 0 radical (unpaired) electrons.